The molecule has 5 rings (SSSR count). The number of hydrogen-bond acceptors (Lipinski definition) is 4. The van der Waals surface area contributed by atoms with Crippen molar-refractivity contribution in [1.82, 2.24) is 0 Å². The maximum absolute atomic E-state index is 12.8. The number of carboxylic acid groups (broad SMARTS) is 1. The quantitative estimate of drug-likeness (QED) is 0.382. The molecule has 4 saturated carbocycles. The number of aliphatic carboxylic acids is 1. The van der Waals surface area contributed by atoms with E-state index in [1.165, 1.54) is 5.57 Å². The Morgan fingerprint density at radius 1 is 0.943 bits per heavy atom. The highest BCUT2D eigenvalue weighted by Gasteiger charge is 2.71. The molecule has 0 amide bonds. The van der Waals surface area contributed by atoms with Gasteiger partial charge >= 0.3 is 5.97 Å². The first-order valence-electron chi connectivity index (χ1n) is 14.0. The summed E-state index contributed by atoms with van der Waals surface area (Å²) in [6, 6.07) is 0. The third kappa shape index (κ3) is 2.90. The molecule has 5 heteroatoms. The standard InChI is InChI=1S/C30H48O5/c1-17-10-13-30(24(33)34)15-14-27(5)18(22(30)29(17,7)35)8-9-21-26(4)16-19(31)23(32)25(2,3)20(26)11-12-28(21,27)6/h8,17,19-23,31-32,35H,9-16H2,1-7H3,(H,33,34)/t17?,19?,20?,21?,22-,23?,26+,27?,28-,29-,30+/m1/s1. The van der Waals surface area contributed by atoms with Crippen molar-refractivity contribution >= 4 is 5.97 Å². The van der Waals surface area contributed by atoms with Gasteiger partial charge in [-0.05, 0) is 97.7 Å². The summed E-state index contributed by atoms with van der Waals surface area (Å²) in [5.74, 6) is -0.394. The minimum atomic E-state index is -1.05. The molecule has 0 radical (unpaired) electrons. The van der Waals surface area contributed by atoms with Crippen LogP contribution >= 0.6 is 0 Å². The van der Waals surface area contributed by atoms with E-state index in [9.17, 15) is 25.2 Å². The Kier molecular flexibility index (Phi) is 5.40. The molecule has 0 aliphatic heterocycles. The summed E-state index contributed by atoms with van der Waals surface area (Å²) in [6.07, 6.45) is 7.21. The van der Waals surface area contributed by atoms with Gasteiger partial charge in [-0.2, -0.15) is 0 Å². The van der Waals surface area contributed by atoms with Gasteiger partial charge in [-0.25, -0.2) is 0 Å². The lowest BCUT2D eigenvalue weighted by molar-refractivity contribution is -0.237. The average Bonchev–Trinajstić information content (AvgIpc) is 2.75. The van der Waals surface area contributed by atoms with E-state index in [0.29, 0.717) is 31.1 Å². The lowest BCUT2D eigenvalue weighted by atomic mass is 9.33. The highest BCUT2D eigenvalue weighted by atomic mass is 16.4. The summed E-state index contributed by atoms with van der Waals surface area (Å²) < 4.78 is 0. The molecule has 198 valence electrons. The zero-order valence-corrected chi connectivity index (χ0v) is 22.9. The van der Waals surface area contributed by atoms with Crippen LogP contribution in [0.2, 0.25) is 0 Å². The number of hydrogen-bond donors (Lipinski definition) is 4. The second-order valence-electron chi connectivity index (χ2n) is 14.9. The number of aliphatic hydroxyl groups is 3. The molecule has 0 aromatic carbocycles. The Morgan fingerprint density at radius 3 is 2.23 bits per heavy atom. The lowest BCUT2D eigenvalue weighted by Crippen LogP contribution is -2.68. The fourth-order valence-corrected chi connectivity index (χ4v) is 11.0. The van der Waals surface area contributed by atoms with E-state index < -0.39 is 29.2 Å². The molecule has 5 nitrogen and oxygen atoms in total. The normalized spacial score (nSPS) is 57.1. The van der Waals surface area contributed by atoms with E-state index in [4.69, 9.17) is 0 Å². The van der Waals surface area contributed by atoms with Gasteiger partial charge in [0.25, 0.3) is 0 Å². The van der Waals surface area contributed by atoms with Gasteiger partial charge in [-0.3, -0.25) is 4.79 Å². The van der Waals surface area contributed by atoms with Crippen molar-refractivity contribution in [2.75, 3.05) is 0 Å². The van der Waals surface area contributed by atoms with Crippen molar-refractivity contribution in [1.29, 1.82) is 0 Å². The molecule has 5 aliphatic rings. The minimum Gasteiger partial charge on any atom is -0.481 e. The number of allylic oxidation sites excluding steroid dienone is 1. The van der Waals surface area contributed by atoms with Gasteiger partial charge in [0.15, 0.2) is 0 Å². The summed E-state index contributed by atoms with van der Waals surface area (Å²) in [4.78, 5) is 12.8. The van der Waals surface area contributed by atoms with E-state index in [1.807, 2.05) is 6.92 Å². The first-order valence-corrected chi connectivity index (χ1v) is 14.0. The Labute approximate surface area is 211 Å². The molecule has 0 bridgehead atoms. The van der Waals surface area contributed by atoms with Crippen LogP contribution in [0.1, 0.15) is 99.8 Å². The van der Waals surface area contributed by atoms with E-state index in [0.717, 1.165) is 32.1 Å². The van der Waals surface area contributed by atoms with E-state index >= 15 is 0 Å². The molecule has 35 heavy (non-hydrogen) atoms. The summed E-state index contributed by atoms with van der Waals surface area (Å²) >= 11 is 0. The SMILES string of the molecule is CC1CC[C@]2(C(=O)O)CCC3(C)C(=CCC4[C@@]5(C)CC(O)C(O)C(C)(C)C5CC[C@]43C)[C@@H]2[C@]1(C)O. The highest BCUT2D eigenvalue weighted by molar-refractivity contribution is 5.77. The van der Waals surface area contributed by atoms with Crippen LogP contribution in [0, 0.1) is 50.7 Å². The molecule has 0 heterocycles. The van der Waals surface area contributed by atoms with Crippen LogP contribution in [-0.4, -0.2) is 44.2 Å². The number of fused-ring (bicyclic) bond motifs is 7. The smallest absolute Gasteiger partial charge is 0.310 e. The molecule has 6 unspecified atom stereocenters. The fourth-order valence-electron chi connectivity index (χ4n) is 11.0. The van der Waals surface area contributed by atoms with Gasteiger partial charge in [0.1, 0.15) is 0 Å². The van der Waals surface area contributed by atoms with Gasteiger partial charge < -0.3 is 20.4 Å². The molecule has 5 aliphatic carbocycles. The van der Waals surface area contributed by atoms with Crippen LogP contribution in [0.25, 0.3) is 0 Å². The lowest BCUT2D eigenvalue weighted by Gasteiger charge is -2.72. The second kappa shape index (κ2) is 7.35. The number of rotatable bonds is 1. The zero-order chi connectivity index (χ0) is 26.0. The molecule has 0 aromatic heterocycles. The Hall–Kier alpha value is -0.910. The fraction of sp³-hybridized carbons (Fsp3) is 0.900. The molecular formula is C30H48O5. The highest BCUT2D eigenvalue weighted by Crippen LogP contribution is 2.76. The van der Waals surface area contributed by atoms with Crippen molar-refractivity contribution in [3.63, 3.8) is 0 Å². The van der Waals surface area contributed by atoms with Crippen molar-refractivity contribution in [3.8, 4) is 0 Å². The van der Waals surface area contributed by atoms with Crippen molar-refractivity contribution < 1.29 is 25.2 Å². The van der Waals surface area contributed by atoms with Crippen molar-refractivity contribution in [3.05, 3.63) is 11.6 Å². The van der Waals surface area contributed by atoms with Crippen LogP contribution in [0.15, 0.2) is 11.6 Å². The third-order valence-corrected chi connectivity index (χ3v) is 13.4. The number of carbonyl (C=O) groups is 1. The Morgan fingerprint density at radius 2 is 1.60 bits per heavy atom. The molecule has 11 atom stereocenters. The van der Waals surface area contributed by atoms with Crippen LogP contribution < -0.4 is 0 Å². The molecule has 0 saturated heterocycles. The summed E-state index contributed by atoms with van der Waals surface area (Å²) in [7, 11) is 0. The molecule has 0 spiro atoms. The topological polar surface area (TPSA) is 98.0 Å². The minimum absolute atomic E-state index is 0.0535. The summed E-state index contributed by atoms with van der Waals surface area (Å²) in [5, 5.41) is 44.3. The molecule has 4 N–H and O–H groups in total. The molecule has 0 aromatic rings. The number of carboxylic acids is 1. The average molecular weight is 489 g/mol. The van der Waals surface area contributed by atoms with Crippen LogP contribution in [0.4, 0.5) is 0 Å². The van der Waals surface area contributed by atoms with Crippen molar-refractivity contribution in [2.45, 2.75) is 118 Å². The largest absolute Gasteiger partial charge is 0.481 e. The maximum atomic E-state index is 12.8. The third-order valence-electron chi connectivity index (χ3n) is 13.4. The summed E-state index contributed by atoms with van der Waals surface area (Å²) in [5.41, 5.74) is -1.46. The second-order valence-corrected chi connectivity index (χ2v) is 14.9. The summed E-state index contributed by atoms with van der Waals surface area (Å²) in [6.45, 7) is 15.3. The Bertz CT molecular complexity index is 952. The van der Waals surface area contributed by atoms with E-state index in [2.05, 4.69) is 47.6 Å². The van der Waals surface area contributed by atoms with Gasteiger partial charge in [0.05, 0.1) is 23.2 Å². The van der Waals surface area contributed by atoms with Crippen LogP contribution in [0.3, 0.4) is 0 Å². The maximum Gasteiger partial charge on any atom is 0.310 e. The monoisotopic (exact) mass is 488 g/mol. The van der Waals surface area contributed by atoms with E-state index in [1.54, 1.807) is 0 Å². The van der Waals surface area contributed by atoms with Crippen LogP contribution in [0.5, 0.6) is 0 Å². The number of aliphatic hydroxyl groups excluding tert-OH is 2. The van der Waals surface area contributed by atoms with Gasteiger partial charge in [-0.15, -0.1) is 0 Å². The molecular weight excluding hydrogens is 440 g/mol. The predicted octanol–water partition coefficient (Wildman–Crippen LogP) is 5.18. The molecule has 4 fully saturated rings. The predicted molar refractivity (Wildman–Crippen MR) is 135 cm³/mol. The Balaban J connectivity index is 1.65. The first-order chi connectivity index (χ1) is 16.0. The first kappa shape index (κ1) is 25.7. The van der Waals surface area contributed by atoms with Gasteiger partial charge in [0, 0.05) is 5.92 Å². The van der Waals surface area contributed by atoms with Gasteiger partial charge in [0.2, 0.25) is 0 Å². The van der Waals surface area contributed by atoms with Crippen LogP contribution in [-0.2, 0) is 4.79 Å². The van der Waals surface area contributed by atoms with Gasteiger partial charge in [-0.1, -0.05) is 53.2 Å². The van der Waals surface area contributed by atoms with E-state index in [-0.39, 0.29) is 33.5 Å². The zero-order valence-electron chi connectivity index (χ0n) is 22.9. The van der Waals surface area contributed by atoms with Crippen molar-refractivity contribution in [2.24, 2.45) is 50.7 Å².